The van der Waals surface area contributed by atoms with E-state index >= 15 is 0 Å². The van der Waals surface area contributed by atoms with Gasteiger partial charge in [-0.05, 0) is 18.8 Å². The lowest BCUT2D eigenvalue weighted by atomic mass is 10.2. The van der Waals surface area contributed by atoms with Gasteiger partial charge < -0.3 is 15.2 Å². The Bertz CT molecular complexity index is 136. The molecule has 1 saturated heterocycles. The zero-order valence-electron chi connectivity index (χ0n) is 6.66. The van der Waals surface area contributed by atoms with Gasteiger partial charge in [0.1, 0.15) is 0 Å². The van der Waals surface area contributed by atoms with Crippen LogP contribution in [-0.4, -0.2) is 32.0 Å². The van der Waals surface area contributed by atoms with Gasteiger partial charge in [-0.1, -0.05) is 0 Å². The highest BCUT2D eigenvalue weighted by atomic mass is 16.5. The summed E-state index contributed by atoms with van der Waals surface area (Å²) in [6, 6.07) is 0.105. The molecule has 0 radical (unpaired) electrons. The highest BCUT2D eigenvalue weighted by Crippen LogP contribution is 2.29. The molecule has 2 rings (SSSR count). The van der Waals surface area contributed by atoms with Crippen molar-refractivity contribution in [2.24, 2.45) is 11.7 Å². The topological polar surface area (TPSA) is 44.5 Å². The van der Waals surface area contributed by atoms with E-state index in [1.165, 1.54) is 12.8 Å². The zero-order valence-corrected chi connectivity index (χ0v) is 6.66. The Morgan fingerprint density at radius 3 is 2.73 bits per heavy atom. The average Bonchev–Trinajstić information content (AvgIpc) is 2.73. The summed E-state index contributed by atoms with van der Waals surface area (Å²) in [6.07, 6.45) is 2.83. The SMILES string of the molecule is N[C@H]1COC[C@@H]1OCC1CC1. The van der Waals surface area contributed by atoms with Crippen molar-refractivity contribution in [1.29, 1.82) is 0 Å². The van der Waals surface area contributed by atoms with Crippen molar-refractivity contribution in [2.45, 2.75) is 25.0 Å². The van der Waals surface area contributed by atoms with Gasteiger partial charge >= 0.3 is 0 Å². The largest absolute Gasteiger partial charge is 0.377 e. The van der Waals surface area contributed by atoms with E-state index in [1.54, 1.807) is 0 Å². The van der Waals surface area contributed by atoms with Crippen molar-refractivity contribution in [3.63, 3.8) is 0 Å². The first-order valence-electron chi connectivity index (χ1n) is 4.31. The van der Waals surface area contributed by atoms with Gasteiger partial charge in [-0.2, -0.15) is 0 Å². The molecular formula is C8H15NO2. The van der Waals surface area contributed by atoms with E-state index in [0.29, 0.717) is 13.2 Å². The van der Waals surface area contributed by atoms with Gasteiger partial charge in [-0.15, -0.1) is 0 Å². The van der Waals surface area contributed by atoms with Crippen molar-refractivity contribution < 1.29 is 9.47 Å². The molecule has 0 amide bonds. The second kappa shape index (κ2) is 3.09. The average molecular weight is 157 g/mol. The molecule has 2 fully saturated rings. The first-order chi connectivity index (χ1) is 5.36. The molecule has 0 spiro atoms. The quantitative estimate of drug-likeness (QED) is 0.633. The Balaban J connectivity index is 1.67. The molecule has 11 heavy (non-hydrogen) atoms. The molecule has 0 aromatic rings. The van der Waals surface area contributed by atoms with Crippen LogP contribution in [0.15, 0.2) is 0 Å². The van der Waals surface area contributed by atoms with Gasteiger partial charge in [0, 0.05) is 6.61 Å². The molecule has 0 aromatic carbocycles. The van der Waals surface area contributed by atoms with E-state index in [1.807, 2.05) is 0 Å². The third-order valence-corrected chi connectivity index (χ3v) is 2.31. The lowest BCUT2D eigenvalue weighted by molar-refractivity contribution is 0.0315. The minimum Gasteiger partial charge on any atom is -0.377 e. The van der Waals surface area contributed by atoms with Gasteiger partial charge in [-0.3, -0.25) is 0 Å². The third kappa shape index (κ3) is 1.92. The molecule has 2 atom stereocenters. The van der Waals surface area contributed by atoms with Crippen molar-refractivity contribution >= 4 is 0 Å². The summed E-state index contributed by atoms with van der Waals surface area (Å²) in [6.45, 7) is 2.24. The standard InChI is InChI=1S/C8H15NO2/c9-7-4-10-5-8(7)11-3-6-1-2-6/h6-8H,1-5,9H2/t7-,8-/m0/s1. The summed E-state index contributed by atoms with van der Waals surface area (Å²) in [5.74, 6) is 0.822. The zero-order chi connectivity index (χ0) is 7.68. The minimum absolute atomic E-state index is 0.105. The first-order valence-corrected chi connectivity index (χ1v) is 4.31. The molecule has 0 bridgehead atoms. The van der Waals surface area contributed by atoms with Crippen LogP contribution >= 0.6 is 0 Å². The summed E-state index contributed by atoms with van der Waals surface area (Å²) in [4.78, 5) is 0. The monoisotopic (exact) mass is 157 g/mol. The predicted octanol–water partition coefficient (Wildman–Crippen LogP) is 0.139. The van der Waals surface area contributed by atoms with Gasteiger partial charge in [0.15, 0.2) is 0 Å². The Kier molecular flexibility index (Phi) is 2.11. The van der Waals surface area contributed by atoms with E-state index in [9.17, 15) is 0 Å². The molecule has 64 valence electrons. The van der Waals surface area contributed by atoms with Crippen LogP contribution in [0.2, 0.25) is 0 Å². The fourth-order valence-corrected chi connectivity index (χ4v) is 1.27. The van der Waals surface area contributed by atoms with Crippen LogP contribution in [0, 0.1) is 5.92 Å². The maximum Gasteiger partial charge on any atom is 0.0981 e. The van der Waals surface area contributed by atoms with Crippen LogP contribution in [0.5, 0.6) is 0 Å². The fraction of sp³-hybridized carbons (Fsp3) is 1.00. The van der Waals surface area contributed by atoms with Crippen LogP contribution in [0.3, 0.4) is 0 Å². The molecule has 1 aliphatic heterocycles. The second-order valence-electron chi connectivity index (χ2n) is 3.52. The van der Waals surface area contributed by atoms with Crippen molar-refractivity contribution in [1.82, 2.24) is 0 Å². The van der Waals surface area contributed by atoms with Crippen molar-refractivity contribution in [2.75, 3.05) is 19.8 Å². The molecule has 1 aliphatic carbocycles. The molecule has 2 N–H and O–H groups in total. The van der Waals surface area contributed by atoms with Gasteiger partial charge in [0.25, 0.3) is 0 Å². The Morgan fingerprint density at radius 1 is 1.36 bits per heavy atom. The Labute approximate surface area is 66.8 Å². The van der Waals surface area contributed by atoms with Crippen LogP contribution in [-0.2, 0) is 9.47 Å². The summed E-state index contributed by atoms with van der Waals surface area (Å²) in [7, 11) is 0. The smallest absolute Gasteiger partial charge is 0.0981 e. The normalized spacial score (nSPS) is 37.9. The molecule has 3 nitrogen and oxygen atoms in total. The number of hydrogen-bond donors (Lipinski definition) is 1. The summed E-state index contributed by atoms with van der Waals surface area (Å²) in [5, 5.41) is 0. The number of nitrogens with two attached hydrogens (primary N) is 1. The lowest BCUT2D eigenvalue weighted by Crippen LogP contribution is -2.35. The Hall–Kier alpha value is -0.120. The fourth-order valence-electron chi connectivity index (χ4n) is 1.27. The van der Waals surface area contributed by atoms with Crippen LogP contribution in [0.4, 0.5) is 0 Å². The third-order valence-electron chi connectivity index (χ3n) is 2.31. The van der Waals surface area contributed by atoms with E-state index in [2.05, 4.69) is 0 Å². The first kappa shape index (κ1) is 7.53. The molecule has 3 heteroatoms. The number of hydrogen-bond acceptors (Lipinski definition) is 3. The summed E-state index contributed by atoms with van der Waals surface area (Å²) in [5.41, 5.74) is 5.74. The number of ether oxygens (including phenoxy) is 2. The van der Waals surface area contributed by atoms with E-state index in [4.69, 9.17) is 15.2 Å². The Morgan fingerprint density at radius 2 is 2.18 bits per heavy atom. The van der Waals surface area contributed by atoms with Crippen LogP contribution in [0.25, 0.3) is 0 Å². The molecule has 0 unspecified atom stereocenters. The molecular weight excluding hydrogens is 142 g/mol. The van der Waals surface area contributed by atoms with E-state index in [-0.39, 0.29) is 12.1 Å². The van der Waals surface area contributed by atoms with E-state index < -0.39 is 0 Å². The molecule has 2 aliphatic rings. The molecule has 0 aromatic heterocycles. The maximum atomic E-state index is 5.74. The van der Waals surface area contributed by atoms with Crippen LogP contribution < -0.4 is 5.73 Å². The maximum absolute atomic E-state index is 5.74. The van der Waals surface area contributed by atoms with Gasteiger partial charge in [0.2, 0.25) is 0 Å². The summed E-state index contributed by atoms with van der Waals surface area (Å²) >= 11 is 0. The summed E-state index contributed by atoms with van der Waals surface area (Å²) < 4.78 is 10.8. The molecule has 1 heterocycles. The predicted molar refractivity (Wildman–Crippen MR) is 41.3 cm³/mol. The highest BCUT2D eigenvalue weighted by Gasteiger charge is 2.28. The van der Waals surface area contributed by atoms with Crippen molar-refractivity contribution in [3.05, 3.63) is 0 Å². The molecule has 1 saturated carbocycles. The number of rotatable bonds is 3. The van der Waals surface area contributed by atoms with Crippen LogP contribution in [0.1, 0.15) is 12.8 Å². The second-order valence-corrected chi connectivity index (χ2v) is 3.52. The van der Waals surface area contributed by atoms with Crippen molar-refractivity contribution in [3.8, 4) is 0 Å². The highest BCUT2D eigenvalue weighted by molar-refractivity contribution is 4.80. The van der Waals surface area contributed by atoms with Gasteiger partial charge in [0.05, 0.1) is 25.4 Å². The lowest BCUT2D eigenvalue weighted by Gasteiger charge is -2.13. The van der Waals surface area contributed by atoms with Gasteiger partial charge in [-0.25, -0.2) is 0 Å². The minimum atomic E-state index is 0.105. The van der Waals surface area contributed by atoms with E-state index in [0.717, 1.165) is 12.5 Å².